The smallest absolute Gasteiger partial charge is 0.478 e. The third-order valence-electron chi connectivity index (χ3n) is 1.93. The molecule has 118 valence electrons. The van der Waals surface area contributed by atoms with Crippen LogP contribution in [-0.4, -0.2) is 29.9 Å². The van der Waals surface area contributed by atoms with E-state index in [1.165, 1.54) is 0 Å². The summed E-state index contributed by atoms with van der Waals surface area (Å²) in [7, 11) is 0. The fraction of sp³-hybridized carbons (Fsp3) is 0.300. The highest BCUT2D eigenvalue weighted by molar-refractivity contribution is 9.10. The van der Waals surface area contributed by atoms with Gasteiger partial charge in [-0.15, -0.1) is 13.2 Å². The maximum Gasteiger partial charge on any atom is 0.525 e. The summed E-state index contributed by atoms with van der Waals surface area (Å²) >= 11 is 2.67. The molecule has 11 heteroatoms. The fourth-order valence-electron chi connectivity index (χ4n) is 1.10. The number of ether oxygens (including phenoxy) is 2. The Morgan fingerprint density at radius 1 is 1.24 bits per heavy atom. The first-order valence-electron chi connectivity index (χ1n) is 4.90. The van der Waals surface area contributed by atoms with Crippen LogP contribution in [0.25, 0.3) is 0 Å². The molecule has 21 heavy (non-hydrogen) atoms. The summed E-state index contributed by atoms with van der Waals surface area (Å²) in [5.74, 6) is -2.14. The predicted octanol–water partition coefficient (Wildman–Crippen LogP) is 3.95. The Labute approximate surface area is 121 Å². The lowest BCUT2D eigenvalue weighted by molar-refractivity contribution is -0.411. The number of benzene rings is 1. The number of hydrogen-bond donors (Lipinski definition) is 1. The van der Waals surface area contributed by atoms with E-state index >= 15 is 0 Å². The second-order valence-electron chi connectivity index (χ2n) is 3.49. The number of alkyl halides is 6. The highest BCUT2D eigenvalue weighted by Crippen LogP contribution is 2.35. The minimum Gasteiger partial charge on any atom is -0.478 e. The Bertz CT molecular complexity index is 533. The van der Waals surface area contributed by atoms with E-state index in [1.807, 2.05) is 0 Å². The van der Waals surface area contributed by atoms with Gasteiger partial charge in [0.05, 0.1) is 10.0 Å². The summed E-state index contributed by atoms with van der Waals surface area (Å²) in [4.78, 5) is 10.6. The van der Waals surface area contributed by atoms with Crippen LogP contribution < -0.4 is 4.74 Å². The van der Waals surface area contributed by atoms with Crippen molar-refractivity contribution in [3.63, 3.8) is 0 Å². The molecule has 0 unspecified atom stereocenters. The second kappa shape index (κ2) is 6.10. The van der Waals surface area contributed by atoms with Gasteiger partial charge >= 0.3 is 24.8 Å². The van der Waals surface area contributed by atoms with Crippen molar-refractivity contribution < 1.29 is 45.7 Å². The molecule has 0 aliphatic rings. The van der Waals surface area contributed by atoms with Gasteiger partial charge in [0.1, 0.15) is 5.75 Å². The summed E-state index contributed by atoms with van der Waals surface area (Å²) in [6, 6.07) is 2.42. The van der Waals surface area contributed by atoms with Gasteiger partial charge in [-0.2, -0.15) is 8.78 Å². The molecule has 0 aliphatic heterocycles. The van der Waals surface area contributed by atoms with E-state index in [0.29, 0.717) is 0 Å². The van der Waals surface area contributed by atoms with Crippen LogP contribution in [0.2, 0.25) is 0 Å². The van der Waals surface area contributed by atoms with Crippen LogP contribution in [0.3, 0.4) is 0 Å². The van der Waals surface area contributed by atoms with Crippen LogP contribution in [0, 0.1) is 0 Å². The molecule has 1 atom stereocenters. The van der Waals surface area contributed by atoms with Crippen LogP contribution in [0.4, 0.5) is 26.3 Å². The number of carbonyl (C=O) groups is 1. The molecule has 0 aliphatic carbocycles. The molecule has 0 heterocycles. The summed E-state index contributed by atoms with van der Waals surface area (Å²) in [6.45, 7) is 0. The van der Waals surface area contributed by atoms with Crippen molar-refractivity contribution in [3.8, 4) is 5.75 Å². The first-order chi connectivity index (χ1) is 9.42. The van der Waals surface area contributed by atoms with Crippen molar-refractivity contribution in [2.24, 2.45) is 0 Å². The molecule has 0 fully saturated rings. The molecule has 0 saturated carbocycles. The number of aromatic carboxylic acids is 1. The van der Waals surface area contributed by atoms with Gasteiger partial charge in [-0.05, 0) is 34.1 Å². The Kier molecular flexibility index (Phi) is 5.10. The Morgan fingerprint density at radius 2 is 1.81 bits per heavy atom. The number of halogens is 7. The summed E-state index contributed by atoms with van der Waals surface area (Å²) in [5, 5.41) is 8.63. The average Bonchev–Trinajstić information content (AvgIpc) is 2.29. The van der Waals surface area contributed by atoms with E-state index in [9.17, 15) is 31.1 Å². The molecular formula is C10H5BrF6O4. The lowest BCUT2D eigenvalue weighted by Gasteiger charge is -2.22. The van der Waals surface area contributed by atoms with Crippen LogP contribution >= 0.6 is 15.9 Å². The van der Waals surface area contributed by atoms with Gasteiger partial charge in [-0.25, -0.2) is 13.9 Å². The van der Waals surface area contributed by atoms with Gasteiger partial charge < -0.3 is 9.84 Å². The molecule has 0 saturated heterocycles. The predicted molar refractivity (Wildman–Crippen MR) is 58.7 cm³/mol. The first kappa shape index (κ1) is 17.6. The SMILES string of the molecule is O=C(O)c1ccc(OC(F)(F)[C@@H](F)OC(F)(F)F)c(Br)c1. The lowest BCUT2D eigenvalue weighted by atomic mass is 10.2. The summed E-state index contributed by atoms with van der Waals surface area (Å²) < 4.78 is 80.0. The number of rotatable bonds is 5. The Hall–Kier alpha value is -1.49. The second-order valence-corrected chi connectivity index (χ2v) is 4.35. The van der Waals surface area contributed by atoms with Crippen molar-refractivity contribution in [1.29, 1.82) is 0 Å². The highest BCUT2D eigenvalue weighted by Gasteiger charge is 2.50. The van der Waals surface area contributed by atoms with E-state index in [2.05, 4.69) is 25.4 Å². The van der Waals surface area contributed by atoms with E-state index in [1.54, 1.807) is 0 Å². The van der Waals surface area contributed by atoms with Crippen molar-refractivity contribution in [3.05, 3.63) is 28.2 Å². The van der Waals surface area contributed by atoms with Crippen molar-refractivity contribution >= 4 is 21.9 Å². The van der Waals surface area contributed by atoms with Gasteiger partial charge in [-0.3, -0.25) is 0 Å². The van der Waals surface area contributed by atoms with Gasteiger partial charge in [0, 0.05) is 0 Å². The van der Waals surface area contributed by atoms with E-state index in [0.717, 1.165) is 18.2 Å². The van der Waals surface area contributed by atoms with Crippen molar-refractivity contribution in [2.75, 3.05) is 0 Å². The fourth-order valence-corrected chi connectivity index (χ4v) is 1.56. The third kappa shape index (κ3) is 5.08. The lowest BCUT2D eigenvalue weighted by Crippen LogP contribution is -2.41. The quantitative estimate of drug-likeness (QED) is 0.783. The molecule has 1 rings (SSSR count). The first-order valence-corrected chi connectivity index (χ1v) is 5.70. The molecule has 0 radical (unpaired) electrons. The van der Waals surface area contributed by atoms with Crippen LogP contribution in [0.5, 0.6) is 5.75 Å². The minimum absolute atomic E-state index is 0.305. The maximum atomic E-state index is 13.1. The Morgan fingerprint density at radius 3 is 2.24 bits per heavy atom. The van der Waals surface area contributed by atoms with Crippen molar-refractivity contribution in [1.82, 2.24) is 0 Å². The standard InChI is InChI=1S/C10H5BrF6O4/c11-5-3-4(7(18)19)1-2-6(5)20-9(13,14)8(12)21-10(15,16)17/h1-3,8H,(H,18,19)/t8-/m0/s1. The van der Waals surface area contributed by atoms with Gasteiger partial charge in [0.2, 0.25) is 0 Å². The molecule has 0 aromatic heterocycles. The Balaban J connectivity index is 2.91. The minimum atomic E-state index is -5.61. The van der Waals surface area contributed by atoms with E-state index < -0.39 is 30.5 Å². The average molecular weight is 383 g/mol. The largest absolute Gasteiger partial charge is 0.525 e. The third-order valence-corrected chi connectivity index (χ3v) is 2.55. The van der Waals surface area contributed by atoms with Crippen LogP contribution in [0.15, 0.2) is 22.7 Å². The monoisotopic (exact) mass is 382 g/mol. The molecule has 4 nitrogen and oxygen atoms in total. The number of carboxylic acids is 1. The molecule has 1 aromatic rings. The van der Waals surface area contributed by atoms with Gasteiger partial charge in [-0.1, -0.05) is 0 Å². The zero-order valence-corrected chi connectivity index (χ0v) is 11.2. The number of hydrogen-bond acceptors (Lipinski definition) is 3. The summed E-state index contributed by atoms with van der Waals surface area (Å²) in [5.41, 5.74) is -0.305. The summed E-state index contributed by atoms with van der Waals surface area (Å²) in [6.07, 6.45) is -14.7. The normalized spacial score (nSPS) is 13.9. The zero-order chi connectivity index (χ0) is 16.4. The molecule has 0 amide bonds. The van der Waals surface area contributed by atoms with Crippen LogP contribution in [0.1, 0.15) is 10.4 Å². The number of carboxylic acid groups (broad SMARTS) is 1. The maximum absolute atomic E-state index is 13.1. The molecule has 0 spiro atoms. The molecule has 1 N–H and O–H groups in total. The van der Waals surface area contributed by atoms with E-state index in [4.69, 9.17) is 5.11 Å². The van der Waals surface area contributed by atoms with Gasteiger partial charge in [0.15, 0.2) is 0 Å². The highest BCUT2D eigenvalue weighted by atomic mass is 79.9. The molecular weight excluding hydrogens is 378 g/mol. The van der Waals surface area contributed by atoms with Crippen molar-refractivity contribution in [2.45, 2.75) is 18.8 Å². The zero-order valence-electron chi connectivity index (χ0n) is 9.63. The van der Waals surface area contributed by atoms with Crippen LogP contribution in [-0.2, 0) is 4.74 Å². The van der Waals surface area contributed by atoms with E-state index in [-0.39, 0.29) is 10.0 Å². The van der Waals surface area contributed by atoms with Gasteiger partial charge in [0.25, 0.3) is 0 Å². The topological polar surface area (TPSA) is 55.8 Å². The molecule has 1 aromatic carbocycles. The molecule has 0 bridgehead atoms.